The number of amides is 1. The van der Waals surface area contributed by atoms with Crippen molar-refractivity contribution in [3.05, 3.63) is 183 Å². The zero-order chi connectivity index (χ0) is 44.3. The Morgan fingerprint density at radius 1 is 0.797 bits per heavy atom. The van der Waals surface area contributed by atoms with Crippen molar-refractivity contribution < 1.29 is 18.7 Å². The molecule has 10 rings (SSSR count). The van der Waals surface area contributed by atoms with E-state index in [-0.39, 0.29) is 36.1 Å². The summed E-state index contributed by atoms with van der Waals surface area (Å²) in [6, 6.07) is 36.8. The second-order valence-corrected chi connectivity index (χ2v) is 21.1. The maximum atomic E-state index is 16.9. The molecule has 5 aromatic carbocycles. The van der Waals surface area contributed by atoms with E-state index in [0.717, 1.165) is 16.5 Å². The van der Waals surface area contributed by atoms with Gasteiger partial charge in [-0.05, 0) is 73.1 Å². The first-order valence-electron chi connectivity index (χ1n) is 21.4. The lowest BCUT2D eigenvalue weighted by molar-refractivity contribution is -0.146. The Morgan fingerprint density at radius 3 is 2.09 bits per heavy atom. The number of rotatable bonds is 11. The zero-order valence-corrected chi connectivity index (χ0v) is 36.5. The van der Waals surface area contributed by atoms with Crippen LogP contribution >= 0.6 is 0 Å². The van der Waals surface area contributed by atoms with Gasteiger partial charge in [0, 0.05) is 40.5 Å². The summed E-state index contributed by atoms with van der Waals surface area (Å²) in [5.41, 5.74) is 1.49. The van der Waals surface area contributed by atoms with Gasteiger partial charge in [-0.2, -0.15) is 19.6 Å². The Balaban J connectivity index is 1.03. The number of nitrogens with zero attached hydrogens (tertiary/aromatic N) is 8. The van der Waals surface area contributed by atoms with Crippen molar-refractivity contribution in [1.29, 1.82) is 0 Å². The van der Waals surface area contributed by atoms with Crippen LogP contribution in [0.15, 0.2) is 150 Å². The van der Waals surface area contributed by atoms with E-state index in [1.54, 1.807) is 83.7 Å². The van der Waals surface area contributed by atoms with Crippen molar-refractivity contribution >= 4 is 41.5 Å². The highest BCUT2D eigenvalue weighted by molar-refractivity contribution is 6.72. The molecule has 8 aromatic rings. The number of aliphatic hydroxyl groups is 1. The highest BCUT2D eigenvalue weighted by Gasteiger charge is 2.66. The lowest BCUT2D eigenvalue weighted by atomic mass is 9.82. The fourth-order valence-electron chi connectivity index (χ4n) is 10.0. The maximum absolute atomic E-state index is 16.9. The van der Waals surface area contributed by atoms with E-state index < -0.39 is 31.6 Å². The van der Waals surface area contributed by atoms with E-state index in [0.29, 0.717) is 57.4 Å². The SMILES string of the molecule is C[C@@H]1[C@@H]([Si](C)(C)F)[C@H](CCn2cc(C(CO)c3ccccc3)nn2)O[C@@]12C(=O)N(Cc1cccc(-n3ncc4ccccc4c3=O)c1)c1ccc(-n3ncc4ccccc4c3=O)cc12. The standard InChI is InChI=1S/C49H45FN8O5Si/c1-31-45(64(2,3)50)44(22-23-55-29-42(53-54-55)40(30-59)33-13-5-4-6-14-33)63-49(31)41-25-37(58-47(61)39-19-10-8-16-35(39)27-52-58)20-21-43(41)56(48(49)62)28-32-12-11-17-36(24-32)57-46(60)38-18-9-7-15-34(38)26-51-57/h4-21,24-27,29,31,40,44-45,59H,22-23,28,30H2,1-3H3/t31-,40?,44+,45-,49+/m1/s1. The van der Waals surface area contributed by atoms with Gasteiger partial charge in [-0.1, -0.05) is 91.0 Å². The van der Waals surface area contributed by atoms with Gasteiger partial charge in [0.1, 0.15) is 0 Å². The third-order valence-electron chi connectivity index (χ3n) is 13.0. The van der Waals surface area contributed by atoms with Gasteiger partial charge < -0.3 is 18.9 Å². The molecule has 322 valence electrons. The summed E-state index contributed by atoms with van der Waals surface area (Å²) in [6.07, 6.45) is 4.73. The Kier molecular flexibility index (Phi) is 10.3. The summed E-state index contributed by atoms with van der Waals surface area (Å²) in [5.74, 6) is -1.33. The summed E-state index contributed by atoms with van der Waals surface area (Å²) in [4.78, 5) is 44.6. The minimum absolute atomic E-state index is 0.105. The molecule has 2 aliphatic heterocycles. The molecule has 1 spiro atoms. The van der Waals surface area contributed by atoms with Crippen LogP contribution in [0.2, 0.25) is 18.6 Å². The Morgan fingerprint density at radius 2 is 1.44 bits per heavy atom. The molecule has 1 fully saturated rings. The molecular formula is C49H45FN8O5Si. The van der Waals surface area contributed by atoms with Gasteiger partial charge in [-0.3, -0.25) is 19.1 Å². The molecule has 13 nitrogen and oxygen atoms in total. The van der Waals surface area contributed by atoms with E-state index in [1.807, 2.05) is 85.8 Å². The molecule has 0 radical (unpaired) electrons. The van der Waals surface area contributed by atoms with E-state index in [2.05, 4.69) is 20.5 Å². The van der Waals surface area contributed by atoms with Crippen molar-refractivity contribution in [3.63, 3.8) is 0 Å². The molecule has 3 aromatic heterocycles. The van der Waals surface area contributed by atoms with Gasteiger partial charge in [-0.25, -0.2) is 0 Å². The number of anilines is 1. The van der Waals surface area contributed by atoms with E-state index in [9.17, 15) is 14.7 Å². The van der Waals surface area contributed by atoms with Gasteiger partial charge in [0.05, 0.1) is 71.1 Å². The van der Waals surface area contributed by atoms with Crippen LogP contribution in [0.1, 0.15) is 41.6 Å². The second-order valence-electron chi connectivity index (χ2n) is 17.3. The molecule has 15 heteroatoms. The number of benzene rings is 5. The molecule has 1 amide bonds. The molecule has 1 unspecified atom stereocenters. The molecule has 2 aliphatic rings. The average molecular weight is 873 g/mol. The third-order valence-corrected chi connectivity index (χ3v) is 15.5. The van der Waals surface area contributed by atoms with Crippen LogP contribution in [0.4, 0.5) is 9.80 Å². The molecule has 0 bridgehead atoms. The average Bonchev–Trinajstić information content (AvgIpc) is 3.96. The van der Waals surface area contributed by atoms with Crippen molar-refractivity contribution in [2.75, 3.05) is 11.5 Å². The van der Waals surface area contributed by atoms with Crippen LogP contribution in [-0.4, -0.2) is 66.7 Å². The normalized spacial score (nSPS) is 20.1. The predicted octanol–water partition coefficient (Wildman–Crippen LogP) is 7.21. The Labute approximate surface area is 368 Å². The van der Waals surface area contributed by atoms with Crippen molar-refractivity contribution in [1.82, 2.24) is 34.6 Å². The topological polar surface area (TPSA) is 150 Å². The monoisotopic (exact) mass is 872 g/mol. The number of hydrogen-bond acceptors (Lipinski definition) is 9. The second kappa shape index (κ2) is 16.0. The molecule has 64 heavy (non-hydrogen) atoms. The largest absolute Gasteiger partial charge is 0.395 e. The highest BCUT2D eigenvalue weighted by Crippen LogP contribution is 2.60. The van der Waals surface area contributed by atoms with E-state index in [4.69, 9.17) is 4.74 Å². The first-order valence-corrected chi connectivity index (χ1v) is 24.3. The third kappa shape index (κ3) is 6.87. The summed E-state index contributed by atoms with van der Waals surface area (Å²) in [5, 5.41) is 30.5. The number of hydrogen-bond donors (Lipinski definition) is 1. The molecule has 0 aliphatic carbocycles. The molecule has 1 N–H and O–H groups in total. The van der Waals surface area contributed by atoms with Crippen LogP contribution in [0.5, 0.6) is 0 Å². The number of aromatic nitrogens is 7. The number of halogens is 1. The van der Waals surface area contributed by atoms with Crippen LogP contribution < -0.4 is 16.0 Å². The number of ether oxygens (including phenoxy) is 1. The summed E-state index contributed by atoms with van der Waals surface area (Å²) in [6.45, 7) is 5.49. The van der Waals surface area contributed by atoms with Crippen LogP contribution in [0, 0.1) is 5.92 Å². The first kappa shape index (κ1) is 41.1. The maximum Gasteiger partial charge on any atom is 0.279 e. The van der Waals surface area contributed by atoms with Crippen molar-refractivity contribution in [2.24, 2.45) is 5.92 Å². The number of carbonyl (C=O) groups excluding carboxylic acids is 1. The van der Waals surface area contributed by atoms with E-state index >= 15 is 8.90 Å². The summed E-state index contributed by atoms with van der Waals surface area (Å²) in [7, 11) is -3.56. The Bertz CT molecular complexity index is 3210. The lowest BCUT2D eigenvalue weighted by Crippen LogP contribution is -2.45. The van der Waals surface area contributed by atoms with Gasteiger partial charge in [0.25, 0.3) is 17.0 Å². The van der Waals surface area contributed by atoms with Gasteiger partial charge in [0.15, 0.2) is 5.60 Å². The summed E-state index contributed by atoms with van der Waals surface area (Å²) >= 11 is 0. The van der Waals surface area contributed by atoms with Crippen LogP contribution in [-0.2, 0) is 28.2 Å². The first-order chi connectivity index (χ1) is 31.0. The van der Waals surface area contributed by atoms with Gasteiger partial charge in [-0.15, -0.1) is 5.10 Å². The zero-order valence-electron chi connectivity index (χ0n) is 35.5. The smallest absolute Gasteiger partial charge is 0.279 e. The molecule has 5 atom stereocenters. The van der Waals surface area contributed by atoms with Crippen molar-refractivity contribution in [2.45, 2.75) is 62.7 Å². The number of aryl methyl sites for hydroxylation is 1. The Hall–Kier alpha value is -6.94. The van der Waals surface area contributed by atoms with Crippen LogP contribution in [0.3, 0.4) is 0 Å². The molecule has 5 heterocycles. The molecular weight excluding hydrogens is 828 g/mol. The van der Waals surface area contributed by atoms with Crippen molar-refractivity contribution in [3.8, 4) is 11.4 Å². The minimum Gasteiger partial charge on any atom is -0.395 e. The number of aliphatic hydroxyl groups excluding tert-OH is 1. The molecule has 0 saturated carbocycles. The number of carbonyl (C=O) groups is 1. The van der Waals surface area contributed by atoms with Crippen LogP contribution in [0.25, 0.3) is 32.9 Å². The minimum atomic E-state index is -3.56. The van der Waals surface area contributed by atoms with Gasteiger partial charge >= 0.3 is 0 Å². The lowest BCUT2D eigenvalue weighted by Gasteiger charge is -2.31. The predicted molar refractivity (Wildman–Crippen MR) is 244 cm³/mol. The fraction of sp³-hybridized carbons (Fsp3) is 0.245. The summed E-state index contributed by atoms with van der Waals surface area (Å²) < 4.78 is 28.4. The van der Waals surface area contributed by atoms with Gasteiger partial charge in [0.2, 0.25) is 8.41 Å². The van der Waals surface area contributed by atoms with E-state index in [1.165, 1.54) is 9.36 Å². The number of fused-ring (bicyclic) bond motifs is 4. The molecule has 1 saturated heterocycles. The quantitative estimate of drug-likeness (QED) is 0.105. The highest BCUT2D eigenvalue weighted by atomic mass is 28.4. The fourth-order valence-corrected chi connectivity index (χ4v) is 12.6.